The smallest absolute Gasteiger partial charge is 0.387 e. The highest BCUT2D eigenvalue weighted by atomic mass is 19.3. The Hall–Kier alpha value is -4.12. The summed E-state index contributed by atoms with van der Waals surface area (Å²) in [5.41, 5.74) is 4.17. The molecular weight excluding hydrogens is 494 g/mol. The highest BCUT2D eigenvalue weighted by molar-refractivity contribution is 5.98. The van der Waals surface area contributed by atoms with Gasteiger partial charge in [0, 0.05) is 35.6 Å². The Morgan fingerprint density at radius 1 is 1.11 bits per heavy atom. The Bertz CT molecular complexity index is 1610. The Morgan fingerprint density at radius 3 is 2.74 bits per heavy atom. The second-order valence-corrected chi connectivity index (χ2v) is 10.2. The number of fused-ring (bicyclic) bond motifs is 11. The largest absolute Gasteiger partial charge is 0.434 e. The summed E-state index contributed by atoms with van der Waals surface area (Å²) in [6.45, 7) is -1.47. The Kier molecular flexibility index (Phi) is 4.58. The first-order valence-electron chi connectivity index (χ1n) is 12.6. The third-order valence-corrected chi connectivity index (χ3v) is 8.09. The van der Waals surface area contributed by atoms with Gasteiger partial charge in [-0.05, 0) is 42.7 Å². The van der Waals surface area contributed by atoms with Gasteiger partial charge in [0.25, 0.3) is 5.91 Å². The molecule has 11 heteroatoms. The van der Waals surface area contributed by atoms with E-state index in [0.717, 1.165) is 35.1 Å². The van der Waals surface area contributed by atoms with Crippen LogP contribution in [-0.2, 0) is 4.74 Å². The average molecular weight is 517 g/mol. The number of nitrogens with one attached hydrogen (secondary N) is 1. The molecule has 4 bridgehead atoms. The molecule has 0 spiro atoms. The van der Waals surface area contributed by atoms with E-state index < -0.39 is 6.61 Å². The third-order valence-electron chi connectivity index (χ3n) is 8.09. The van der Waals surface area contributed by atoms with Crippen LogP contribution in [0.2, 0.25) is 0 Å². The summed E-state index contributed by atoms with van der Waals surface area (Å²) in [4.78, 5) is 29.2. The lowest BCUT2D eigenvalue weighted by atomic mass is 9.97. The number of imidazole rings is 1. The fraction of sp³-hybridized carbons (Fsp3) is 0.333. The highest BCUT2D eigenvalue weighted by Gasteiger charge is 2.43. The fourth-order valence-electron chi connectivity index (χ4n) is 6.45. The minimum atomic E-state index is -3.00. The fourth-order valence-corrected chi connectivity index (χ4v) is 6.45. The first kappa shape index (κ1) is 21.9. The number of amides is 1. The SMILES string of the molecule is O=C1NC2CC(c3c(OC(F)F)cccc31)n1c2nc2ccc(-c3cnc(N4CC5CC4CO5)nc3)cc21. The van der Waals surface area contributed by atoms with Crippen molar-refractivity contribution in [2.24, 2.45) is 0 Å². The molecule has 0 aliphatic carbocycles. The van der Waals surface area contributed by atoms with E-state index in [1.807, 2.05) is 35.2 Å². The van der Waals surface area contributed by atoms with Crippen LogP contribution in [0.1, 0.15) is 46.7 Å². The van der Waals surface area contributed by atoms with Gasteiger partial charge in [0.1, 0.15) is 11.6 Å². The quantitative estimate of drug-likeness (QED) is 0.440. The van der Waals surface area contributed by atoms with E-state index in [1.165, 1.54) is 6.07 Å². The number of morpholine rings is 1. The number of rotatable bonds is 4. The van der Waals surface area contributed by atoms with Crippen molar-refractivity contribution < 1.29 is 23.0 Å². The molecule has 8 rings (SSSR count). The van der Waals surface area contributed by atoms with E-state index in [-0.39, 0.29) is 29.8 Å². The van der Waals surface area contributed by atoms with Crippen molar-refractivity contribution in [3.63, 3.8) is 0 Å². The predicted molar refractivity (Wildman–Crippen MR) is 132 cm³/mol. The number of halogens is 2. The minimum Gasteiger partial charge on any atom is -0.434 e. The van der Waals surface area contributed by atoms with Crippen molar-refractivity contribution in [2.45, 2.75) is 43.7 Å². The number of aromatic nitrogens is 4. The molecule has 9 nitrogen and oxygen atoms in total. The van der Waals surface area contributed by atoms with Crippen LogP contribution in [0.3, 0.4) is 0 Å². The van der Waals surface area contributed by atoms with Crippen LogP contribution in [-0.4, -0.2) is 57.3 Å². The van der Waals surface area contributed by atoms with Crippen molar-refractivity contribution in [2.75, 3.05) is 18.1 Å². The maximum absolute atomic E-state index is 13.3. The van der Waals surface area contributed by atoms with Gasteiger partial charge in [0.05, 0.1) is 41.9 Å². The molecule has 1 N–H and O–H groups in total. The van der Waals surface area contributed by atoms with Gasteiger partial charge >= 0.3 is 6.61 Å². The summed E-state index contributed by atoms with van der Waals surface area (Å²) >= 11 is 0. The number of anilines is 1. The molecule has 4 atom stereocenters. The van der Waals surface area contributed by atoms with Gasteiger partial charge in [-0.15, -0.1) is 0 Å². The van der Waals surface area contributed by atoms with E-state index in [0.29, 0.717) is 42.0 Å². The summed E-state index contributed by atoms with van der Waals surface area (Å²) in [6, 6.07) is 10.2. The summed E-state index contributed by atoms with van der Waals surface area (Å²) in [5.74, 6) is 1.10. The van der Waals surface area contributed by atoms with Crippen molar-refractivity contribution in [3.8, 4) is 16.9 Å². The summed E-state index contributed by atoms with van der Waals surface area (Å²) in [5, 5.41) is 3.02. The van der Waals surface area contributed by atoms with E-state index in [4.69, 9.17) is 14.5 Å². The molecule has 0 saturated carbocycles. The van der Waals surface area contributed by atoms with Crippen LogP contribution >= 0.6 is 0 Å². The molecule has 38 heavy (non-hydrogen) atoms. The molecule has 2 aromatic heterocycles. The summed E-state index contributed by atoms with van der Waals surface area (Å²) < 4.78 is 39.1. The average Bonchev–Trinajstić information content (AvgIpc) is 3.68. The molecule has 2 aromatic carbocycles. The van der Waals surface area contributed by atoms with Gasteiger partial charge in [0.2, 0.25) is 5.95 Å². The lowest BCUT2D eigenvalue weighted by molar-refractivity contribution is -0.0507. The lowest BCUT2D eigenvalue weighted by Crippen LogP contribution is -2.38. The van der Waals surface area contributed by atoms with Crippen molar-refractivity contribution >= 4 is 22.9 Å². The van der Waals surface area contributed by atoms with Crippen molar-refractivity contribution in [1.82, 2.24) is 24.8 Å². The Balaban J connectivity index is 1.20. The topological polar surface area (TPSA) is 94.4 Å². The van der Waals surface area contributed by atoms with Crippen LogP contribution in [0.25, 0.3) is 22.2 Å². The summed E-state index contributed by atoms with van der Waals surface area (Å²) in [6.07, 6.45) is 5.43. The molecule has 1 amide bonds. The van der Waals surface area contributed by atoms with Gasteiger partial charge in [-0.1, -0.05) is 12.1 Å². The van der Waals surface area contributed by atoms with Crippen molar-refractivity contribution in [1.29, 1.82) is 0 Å². The molecule has 6 heterocycles. The normalized spacial score (nSPS) is 25.0. The second kappa shape index (κ2) is 7.94. The van der Waals surface area contributed by atoms with E-state index in [9.17, 15) is 13.6 Å². The lowest BCUT2D eigenvalue weighted by Gasteiger charge is -2.26. The summed E-state index contributed by atoms with van der Waals surface area (Å²) in [7, 11) is 0. The second-order valence-electron chi connectivity index (χ2n) is 10.2. The molecule has 4 aliphatic heterocycles. The monoisotopic (exact) mass is 516 g/mol. The maximum Gasteiger partial charge on any atom is 0.387 e. The predicted octanol–water partition coefficient (Wildman–Crippen LogP) is 3.85. The van der Waals surface area contributed by atoms with Crippen LogP contribution in [0, 0.1) is 0 Å². The van der Waals surface area contributed by atoms with Gasteiger partial charge in [-0.25, -0.2) is 15.0 Å². The number of alkyl halides is 2. The highest BCUT2D eigenvalue weighted by Crippen LogP contribution is 2.47. The van der Waals surface area contributed by atoms with E-state index in [2.05, 4.69) is 20.2 Å². The van der Waals surface area contributed by atoms with Crippen LogP contribution in [0.4, 0.5) is 14.7 Å². The van der Waals surface area contributed by atoms with Gasteiger partial charge in [-0.3, -0.25) is 4.79 Å². The molecular formula is C27H22F2N6O3. The van der Waals surface area contributed by atoms with Crippen LogP contribution in [0.15, 0.2) is 48.8 Å². The molecule has 4 aliphatic rings. The number of benzene rings is 2. The molecule has 4 unspecified atom stereocenters. The number of hydrogen-bond acceptors (Lipinski definition) is 7. The molecule has 192 valence electrons. The zero-order chi connectivity index (χ0) is 25.5. The van der Waals surface area contributed by atoms with Crippen LogP contribution in [0.5, 0.6) is 5.75 Å². The van der Waals surface area contributed by atoms with Crippen LogP contribution < -0.4 is 15.0 Å². The number of nitrogens with zero attached hydrogens (tertiary/aromatic N) is 5. The van der Waals surface area contributed by atoms with Gasteiger partial charge in [-0.2, -0.15) is 8.78 Å². The minimum absolute atomic E-state index is 0.00848. The van der Waals surface area contributed by atoms with E-state index >= 15 is 0 Å². The standard InChI is InChI=1S/C27H22F2N6O3/c28-26(29)38-22-3-1-2-17-23(22)21-8-19(33-25(17)36)24-32-18-5-4-13(6-20(18)35(21)24)14-9-30-27(31-10-14)34-11-16-7-15(34)12-37-16/h1-6,9-10,15-16,19,21,26H,7-8,11-12H2,(H,33,36). The van der Waals surface area contributed by atoms with Gasteiger partial charge in [0.15, 0.2) is 0 Å². The first-order chi connectivity index (χ1) is 18.5. The zero-order valence-corrected chi connectivity index (χ0v) is 20.1. The maximum atomic E-state index is 13.3. The number of ether oxygens (including phenoxy) is 2. The Labute approximate surface area is 215 Å². The molecule has 2 fully saturated rings. The van der Waals surface area contributed by atoms with E-state index in [1.54, 1.807) is 12.1 Å². The third kappa shape index (κ3) is 3.17. The first-order valence-corrected chi connectivity index (χ1v) is 12.6. The molecule has 0 radical (unpaired) electrons. The molecule has 2 saturated heterocycles. The number of carbonyl (C=O) groups is 1. The molecule has 4 aromatic rings. The zero-order valence-electron chi connectivity index (χ0n) is 20.1. The Morgan fingerprint density at radius 2 is 1.97 bits per heavy atom. The number of carbonyl (C=O) groups excluding carboxylic acids is 1. The number of hydrogen-bond donors (Lipinski definition) is 1. The van der Waals surface area contributed by atoms with Crippen molar-refractivity contribution in [3.05, 3.63) is 65.7 Å². The van der Waals surface area contributed by atoms with Gasteiger partial charge < -0.3 is 24.3 Å².